The van der Waals surface area contributed by atoms with E-state index in [1.807, 2.05) is 212 Å². The van der Waals surface area contributed by atoms with Gasteiger partial charge in [-0.2, -0.15) is 0 Å². The van der Waals surface area contributed by atoms with Crippen LogP contribution >= 0.6 is 0 Å². The highest BCUT2D eigenvalue weighted by Gasteiger charge is 2.58. The van der Waals surface area contributed by atoms with Crippen LogP contribution in [0.15, 0.2) is 212 Å². The summed E-state index contributed by atoms with van der Waals surface area (Å²) in [6.07, 6.45) is -8.88. The van der Waals surface area contributed by atoms with Gasteiger partial charge in [-0.3, -0.25) is 0 Å². The highest BCUT2D eigenvalue weighted by atomic mass is 16.7. The highest BCUT2D eigenvalue weighted by Crippen LogP contribution is 2.41. The number of methoxy groups -OCH3 is 1. The van der Waals surface area contributed by atoms with E-state index in [0.717, 1.165) is 38.9 Å². The molecule has 2 heterocycles. The third kappa shape index (κ3) is 14.9. The van der Waals surface area contributed by atoms with Gasteiger partial charge in [-0.1, -0.05) is 212 Å². The van der Waals surface area contributed by atoms with Crippen molar-refractivity contribution in [3.63, 3.8) is 0 Å². The van der Waals surface area contributed by atoms with Gasteiger partial charge in [0.1, 0.15) is 42.7 Å². The van der Waals surface area contributed by atoms with E-state index in [4.69, 9.17) is 47.4 Å². The topological polar surface area (TPSA) is 113 Å². The van der Waals surface area contributed by atoms with Gasteiger partial charge in [0.2, 0.25) is 0 Å². The van der Waals surface area contributed by atoms with Gasteiger partial charge in [0.25, 0.3) is 0 Å². The molecule has 9 rings (SSSR count). The normalized spacial score (nSPS) is 24.3. The lowest BCUT2D eigenvalue weighted by Crippen LogP contribution is -2.68. The fourth-order valence-electron chi connectivity index (χ4n) is 9.80. The van der Waals surface area contributed by atoms with Gasteiger partial charge in [-0.05, 0) is 38.9 Å². The van der Waals surface area contributed by atoms with Crippen molar-refractivity contribution >= 4 is 0 Å². The van der Waals surface area contributed by atoms with Crippen molar-refractivity contribution in [2.24, 2.45) is 5.92 Å². The van der Waals surface area contributed by atoms with Crippen LogP contribution in [-0.2, 0) is 93.6 Å². The van der Waals surface area contributed by atoms with E-state index in [1.54, 1.807) is 0 Å². The molecular weight excluding hydrogens is 933 g/mol. The van der Waals surface area contributed by atoms with Gasteiger partial charge < -0.3 is 52.5 Å². The van der Waals surface area contributed by atoms with E-state index in [-0.39, 0.29) is 46.2 Å². The molecule has 2 aliphatic heterocycles. The zero-order valence-corrected chi connectivity index (χ0v) is 42.0. The van der Waals surface area contributed by atoms with Gasteiger partial charge in [-0.25, -0.2) is 0 Å². The third-order valence-electron chi connectivity index (χ3n) is 13.5. The number of aliphatic hydroxyl groups excluding tert-OH is 1. The molecule has 7 aromatic carbocycles. The molecule has 2 fully saturated rings. The van der Waals surface area contributed by atoms with Crippen LogP contribution in [0.5, 0.6) is 0 Å². The van der Waals surface area contributed by atoms with Crippen LogP contribution in [0.3, 0.4) is 0 Å². The zero-order chi connectivity index (χ0) is 50.6. The summed E-state index contributed by atoms with van der Waals surface area (Å²) >= 11 is 0. The minimum Gasteiger partial charge on any atom is -0.387 e. The molecule has 0 saturated carbocycles. The maximum atomic E-state index is 12.9. The summed E-state index contributed by atoms with van der Waals surface area (Å²) in [6.45, 7) is 2.03. The number of ether oxygens (including phenoxy) is 10. The molecule has 74 heavy (non-hydrogen) atoms. The molecule has 1 N–H and O–H groups in total. The molecule has 0 amide bonds. The van der Waals surface area contributed by atoms with Crippen LogP contribution in [-0.4, -0.2) is 86.7 Å². The van der Waals surface area contributed by atoms with Crippen molar-refractivity contribution in [2.75, 3.05) is 20.3 Å². The van der Waals surface area contributed by atoms with Crippen LogP contribution in [0.4, 0.5) is 0 Å². The Bertz CT molecular complexity index is 2600. The summed E-state index contributed by atoms with van der Waals surface area (Å²) in [5.74, 6) is -0.860. The molecular formula is C63H68O11. The first kappa shape index (κ1) is 52.9. The van der Waals surface area contributed by atoms with E-state index in [9.17, 15) is 5.11 Å². The molecule has 0 aliphatic carbocycles. The fraction of sp³-hybridized carbons (Fsp3) is 0.333. The number of aliphatic hydroxyl groups is 1. The monoisotopic (exact) mass is 1000 g/mol. The molecule has 2 aliphatic rings. The lowest BCUT2D eigenvalue weighted by atomic mass is 9.78. The van der Waals surface area contributed by atoms with Gasteiger partial charge in [0, 0.05) is 13.0 Å². The Labute approximate surface area is 435 Å². The van der Waals surface area contributed by atoms with Crippen molar-refractivity contribution in [2.45, 2.75) is 107 Å². The second kappa shape index (κ2) is 28.1. The molecule has 11 heteroatoms. The lowest BCUT2D eigenvalue weighted by molar-refractivity contribution is -0.333. The predicted octanol–water partition coefficient (Wildman–Crippen LogP) is 10.5. The molecule has 0 radical (unpaired) electrons. The molecule has 2 saturated heterocycles. The quantitative estimate of drug-likeness (QED) is 0.0560. The largest absolute Gasteiger partial charge is 0.387 e. The summed E-state index contributed by atoms with van der Waals surface area (Å²) in [4.78, 5) is 0. The summed E-state index contributed by atoms with van der Waals surface area (Å²) in [5.41, 5.74) is 6.81. The van der Waals surface area contributed by atoms with Crippen molar-refractivity contribution < 1.29 is 52.5 Å². The number of rotatable bonds is 26. The summed E-state index contributed by atoms with van der Waals surface area (Å²) in [7, 11) is 1.53. The van der Waals surface area contributed by atoms with Crippen LogP contribution < -0.4 is 0 Å². The Hall–Kier alpha value is -5.90. The Morgan fingerprint density at radius 1 is 0.378 bits per heavy atom. The highest BCUT2D eigenvalue weighted by molar-refractivity contribution is 5.19. The summed E-state index contributed by atoms with van der Waals surface area (Å²) in [5, 5.41) is 12.9. The number of hydrogen-bond acceptors (Lipinski definition) is 11. The molecule has 0 aromatic heterocycles. The van der Waals surface area contributed by atoms with Crippen LogP contribution in [0, 0.1) is 5.92 Å². The van der Waals surface area contributed by atoms with Crippen LogP contribution in [0.1, 0.15) is 38.9 Å². The minimum absolute atomic E-state index is 0.121. The second-order valence-electron chi connectivity index (χ2n) is 18.8. The third-order valence-corrected chi connectivity index (χ3v) is 13.5. The van der Waals surface area contributed by atoms with Gasteiger partial charge in [-0.15, -0.1) is 0 Å². The van der Waals surface area contributed by atoms with Crippen molar-refractivity contribution in [3.8, 4) is 0 Å². The first-order valence-electron chi connectivity index (χ1n) is 25.6. The number of hydrogen-bond donors (Lipinski definition) is 1. The first-order chi connectivity index (χ1) is 36.6. The Kier molecular flexibility index (Phi) is 20.1. The molecule has 7 aromatic rings. The van der Waals surface area contributed by atoms with E-state index >= 15 is 0 Å². The lowest BCUT2D eigenvalue weighted by Gasteiger charge is -2.52. The second-order valence-corrected chi connectivity index (χ2v) is 18.8. The Balaban J connectivity index is 1.16. The van der Waals surface area contributed by atoms with E-state index in [1.165, 1.54) is 7.11 Å². The van der Waals surface area contributed by atoms with E-state index < -0.39 is 67.1 Å². The Morgan fingerprint density at radius 2 is 0.703 bits per heavy atom. The summed E-state index contributed by atoms with van der Waals surface area (Å²) < 4.78 is 69.2. The SMILES string of the molecule is CO[C@H]1O[C@H](COCc2ccccc2)[C@H](OCc2ccccc2)[C@H]([C@@H](OCc2ccccc2)[C@@H]2O[C@H](COCc3ccccc3)[C@H](OCc3ccccc3)[C@H](OCc3ccccc3)[C@H]2OCc2ccccc2)[C@@H]1O. The van der Waals surface area contributed by atoms with Gasteiger partial charge in [0.05, 0.1) is 71.7 Å². The molecule has 0 bridgehead atoms. The van der Waals surface area contributed by atoms with Crippen LogP contribution in [0.25, 0.3) is 0 Å². The van der Waals surface area contributed by atoms with Crippen molar-refractivity contribution in [3.05, 3.63) is 251 Å². The molecule has 11 nitrogen and oxygen atoms in total. The maximum Gasteiger partial charge on any atom is 0.184 e. The Morgan fingerprint density at radius 3 is 1.09 bits per heavy atom. The van der Waals surface area contributed by atoms with Crippen molar-refractivity contribution in [1.29, 1.82) is 0 Å². The standard InChI is InChI=1S/C63H68O11/c1-65-63-56(64)55(57(68-39-48-27-13-4-14-28-48)53(74-63)44-66-37-46-23-9-2-10-24-46)59(70-41-50-31-17-6-18-32-50)62-61(72-43-52-35-21-8-22-36-52)60(71-42-51-33-19-7-20-34-51)58(69-40-49-29-15-5-16-30-49)54(73-62)45-67-38-47-25-11-3-12-26-47/h2-36,53-64H,37-45H2,1H3/t53-,54-,55-,56+,57+,58+,59-,60+,61-,62+,63+/m1/s1. The maximum absolute atomic E-state index is 12.9. The summed E-state index contributed by atoms with van der Waals surface area (Å²) in [6, 6.07) is 70.1. The van der Waals surface area contributed by atoms with E-state index in [2.05, 4.69) is 0 Å². The predicted molar refractivity (Wildman–Crippen MR) is 281 cm³/mol. The van der Waals surface area contributed by atoms with Gasteiger partial charge >= 0.3 is 0 Å². The molecule has 0 unspecified atom stereocenters. The zero-order valence-electron chi connectivity index (χ0n) is 42.0. The van der Waals surface area contributed by atoms with Crippen molar-refractivity contribution in [1.82, 2.24) is 0 Å². The fourth-order valence-corrected chi connectivity index (χ4v) is 9.80. The first-order valence-corrected chi connectivity index (χ1v) is 25.6. The smallest absolute Gasteiger partial charge is 0.184 e. The average Bonchev–Trinajstić information content (AvgIpc) is 3.47. The minimum atomic E-state index is -1.28. The molecule has 0 spiro atoms. The van der Waals surface area contributed by atoms with Crippen LogP contribution in [0.2, 0.25) is 0 Å². The average molecular weight is 1000 g/mol. The molecule has 11 atom stereocenters. The van der Waals surface area contributed by atoms with E-state index in [0.29, 0.717) is 13.2 Å². The molecule has 386 valence electrons. The van der Waals surface area contributed by atoms with Gasteiger partial charge in [0.15, 0.2) is 6.29 Å². The number of benzene rings is 7.